The summed E-state index contributed by atoms with van der Waals surface area (Å²) in [5, 5.41) is 3.35. The molecule has 3 rings (SSSR count). The molecule has 1 atom stereocenters. The standard InChI is InChI=1S/C19H22N2O4S/c1-13-7-8-15(11-17(13)19(22)25-2)26(23,24)21-12-18-16-6-4-3-5-14(16)9-10-20-18/h3-8,11,18,20-21H,9-10,12H2,1-2H3. The van der Waals surface area contributed by atoms with Crippen LogP contribution >= 0.6 is 0 Å². The van der Waals surface area contributed by atoms with Crippen molar-refractivity contribution in [3.05, 3.63) is 64.7 Å². The zero-order valence-electron chi connectivity index (χ0n) is 14.8. The van der Waals surface area contributed by atoms with E-state index in [0.717, 1.165) is 18.5 Å². The summed E-state index contributed by atoms with van der Waals surface area (Å²) in [6, 6.07) is 12.4. The van der Waals surface area contributed by atoms with Crippen LogP contribution in [-0.2, 0) is 21.2 Å². The smallest absolute Gasteiger partial charge is 0.338 e. The SMILES string of the molecule is COC(=O)c1cc(S(=O)(=O)NCC2NCCc3ccccc32)ccc1C. The molecule has 1 unspecified atom stereocenters. The van der Waals surface area contributed by atoms with Crippen LogP contribution in [0.1, 0.15) is 33.1 Å². The van der Waals surface area contributed by atoms with Gasteiger partial charge in [-0.2, -0.15) is 0 Å². The number of ether oxygens (including phenoxy) is 1. The minimum atomic E-state index is -3.74. The predicted molar refractivity (Wildman–Crippen MR) is 98.6 cm³/mol. The number of carbonyl (C=O) groups is 1. The van der Waals surface area contributed by atoms with Gasteiger partial charge < -0.3 is 10.1 Å². The van der Waals surface area contributed by atoms with Gasteiger partial charge in [-0.25, -0.2) is 17.9 Å². The second-order valence-electron chi connectivity index (χ2n) is 6.28. The van der Waals surface area contributed by atoms with Crippen LogP contribution in [0.3, 0.4) is 0 Å². The third kappa shape index (κ3) is 3.80. The van der Waals surface area contributed by atoms with E-state index in [0.29, 0.717) is 5.56 Å². The molecule has 0 radical (unpaired) electrons. The van der Waals surface area contributed by atoms with Crippen molar-refractivity contribution >= 4 is 16.0 Å². The third-order valence-electron chi connectivity index (χ3n) is 4.62. The second-order valence-corrected chi connectivity index (χ2v) is 8.04. The number of aryl methyl sites for hydroxylation is 1. The van der Waals surface area contributed by atoms with E-state index in [1.165, 1.54) is 24.8 Å². The molecule has 0 bridgehead atoms. The van der Waals surface area contributed by atoms with E-state index in [2.05, 4.69) is 16.1 Å². The van der Waals surface area contributed by atoms with Gasteiger partial charge in [-0.15, -0.1) is 0 Å². The lowest BCUT2D eigenvalue weighted by molar-refractivity contribution is 0.0599. The number of benzene rings is 2. The zero-order valence-corrected chi connectivity index (χ0v) is 15.6. The van der Waals surface area contributed by atoms with Crippen LogP contribution in [-0.4, -0.2) is 34.6 Å². The molecule has 1 heterocycles. The highest BCUT2D eigenvalue weighted by Gasteiger charge is 2.23. The molecule has 2 aromatic carbocycles. The van der Waals surface area contributed by atoms with E-state index >= 15 is 0 Å². The Morgan fingerprint density at radius 1 is 1.27 bits per heavy atom. The maximum atomic E-state index is 12.7. The molecule has 1 aliphatic rings. The number of nitrogens with one attached hydrogen (secondary N) is 2. The first kappa shape index (κ1) is 18.6. The first-order valence-corrected chi connectivity index (χ1v) is 9.90. The van der Waals surface area contributed by atoms with Crippen molar-refractivity contribution in [2.24, 2.45) is 0 Å². The van der Waals surface area contributed by atoms with Crippen molar-refractivity contribution in [1.29, 1.82) is 0 Å². The number of methoxy groups -OCH3 is 1. The molecule has 6 nitrogen and oxygen atoms in total. The Morgan fingerprint density at radius 2 is 2.04 bits per heavy atom. The summed E-state index contributed by atoms with van der Waals surface area (Å²) in [7, 11) is -2.47. The highest BCUT2D eigenvalue weighted by atomic mass is 32.2. The Hall–Kier alpha value is -2.22. The number of carbonyl (C=O) groups excluding carboxylic acids is 1. The highest BCUT2D eigenvalue weighted by molar-refractivity contribution is 7.89. The van der Waals surface area contributed by atoms with Crippen molar-refractivity contribution in [3.63, 3.8) is 0 Å². The summed E-state index contributed by atoms with van der Waals surface area (Å²) in [4.78, 5) is 11.9. The van der Waals surface area contributed by atoms with Crippen molar-refractivity contribution in [2.45, 2.75) is 24.3 Å². The first-order valence-electron chi connectivity index (χ1n) is 8.42. The van der Waals surface area contributed by atoms with Gasteiger partial charge in [0.05, 0.1) is 17.6 Å². The van der Waals surface area contributed by atoms with Gasteiger partial charge in [0, 0.05) is 12.6 Å². The lowest BCUT2D eigenvalue weighted by Gasteiger charge is -2.27. The Morgan fingerprint density at radius 3 is 2.81 bits per heavy atom. The number of fused-ring (bicyclic) bond motifs is 1. The maximum Gasteiger partial charge on any atom is 0.338 e. The van der Waals surface area contributed by atoms with Crippen LogP contribution in [0, 0.1) is 6.92 Å². The van der Waals surface area contributed by atoms with Crippen LogP contribution in [0.2, 0.25) is 0 Å². The van der Waals surface area contributed by atoms with E-state index < -0.39 is 16.0 Å². The Kier molecular flexibility index (Phi) is 5.41. The van der Waals surface area contributed by atoms with Crippen LogP contribution in [0.25, 0.3) is 0 Å². The molecule has 0 fully saturated rings. The van der Waals surface area contributed by atoms with Crippen molar-refractivity contribution < 1.29 is 17.9 Å². The summed E-state index contributed by atoms with van der Waals surface area (Å²) in [6.07, 6.45) is 0.930. The molecular weight excluding hydrogens is 352 g/mol. The fourth-order valence-electron chi connectivity index (χ4n) is 3.15. The summed E-state index contributed by atoms with van der Waals surface area (Å²) in [5.41, 5.74) is 3.26. The van der Waals surface area contributed by atoms with Crippen molar-refractivity contribution in [2.75, 3.05) is 20.2 Å². The van der Waals surface area contributed by atoms with Gasteiger partial charge >= 0.3 is 5.97 Å². The summed E-state index contributed by atoms with van der Waals surface area (Å²) in [6.45, 7) is 2.78. The lowest BCUT2D eigenvalue weighted by Crippen LogP contribution is -2.38. The molecule has 0 saturated carbocycles. The number of sulfonamides is 1. The molecule has 138 valence electrons. The van der Waals surface area contributed by atoms with Gasteiger partial charge in [0.25, 0.3) is 0 Å². The second kappa shape index (κ2) is 7.57. The summed E-state index contributed by atoms with van der Waals surface area (Å²) >= 11 is 0. The topological polar surface area (TPSA) is 84.5 Å². The van der Waals surface area contributed by atoms with Gasteiger partial charge in [0.1, 0.15) is 0 Å². The van der Waals surface area contributed by atoms with Gasteiger partial charge in [0.15, 0.2) is 0 Å². The maximum absolute atomic E-state index is 12.7. The molecule has 7 heteroatoms. The Balaban J connectivity index is 1.79. The highest BCUT2D eigenvalue weighted by Crippen LogP contribution is 2.23. The molecular formula is C19H22N2O4S. The normalized spacial score (nSPS) is 16.8. The molecule has 0 amide bonds. The van der Waals surface area contributed by atoms with Crippen LogP contribution in [0.15, 0.2) is 47.4 Å². The molecule has 0 aromatic heterocycles. The van der Waals surface area contributed by atoms with Crippen molar-refractivity contribution in [1.82, 2.24) is 10.0 Å². The molecule has 0 aliphatic carbocycles. The predicted octanol–water partition coefficient (Wildman–Crippen LogP) is 1.95. The monoisotopic (exact) mass is 374 g/mol. The van der Waals surface area contributed by atoms with E-state index in [4.69, 9.17) is 4.74 Å². The van der Waals surface area contributed by atoms with E-state index in [-0.39, 0.29) is 23.0 Å². The summed E-state index contributed by atoms with van der Waals surface area (Å²) < 4.78 is 32.7. The Labute approximate surface area is 153 Å². The summed E-state index contributed by atoms with van der Waals surface area (Å²) in [5.74, 6) is -0.553. The fraction of sp³-hybridized carbons (Fsp3) is 0.316. The van der Waals surface area contributed by atoms with Crippen LogP contribution in [0.5, 0.6) is 0 Å². The molecule has 0 saturated heterocycles. The number of esters is 1. The molecule has 0 spiro atoms. The molecule has 2 aromatic rings. The number of hydrogen-bond acceptors (Lipinski definition) is 5. The number of rotatable bonds is 5. The minimum absolute atomic E-state index is 0.0487. The average molecular weight is 374 g/mol. The van der Waals surface area contributed by atoms with Crippen LogP contribution in [0.4, 0.5) is 0 Å². The fourth-order valence-corrected chi connectivity index (χ4v) is 4.22. The van der Waals surface area contributed by atoms with E-state index in [9.17, 15) is 13.2 Å². The third-order valence-corrected chi connectivity index (χ3v) is 6.04. The van der Waals surface area contributed by atoms with Crippen LogP contribution < -0.4 is 10.0 Å². The van der Waals surface area contributed by atoms with Gasteiger partial charge in [0.2, 0.25) is 10.0 Å². The number of hydrogen-bond donors (Lipinski definition) is 2. The minimum Gasteiger partial charge on any atom is -0.465 e. The quantitative estimate of drug-likeness (QED) is 0.782. The first-order chi connectivity index (χ1) is 12.4. The van der Waals surface area contributed by atoms with E-state index in [1.54, 1.807) is 13.0 Å². The largest absolute Gasteiger partial charge is 0.465 e. The molecule has 1 aliphatic heterocycles. The van der Waals surface area contributed by atoms with Crippen molar-refractivity contribution in [3.8, 4) is 0 Å². The van der Waals surface area contributed by atoms with Gasteiger partial charge in [-0.3, -0.25) is 0 Å². The average Bonchev–Trinajstić information content (AvgIpc) is 2.66. The molecule has 26 heavy (non-hydrogen) atoms. The Bertz CT molecular complexity index is 925. The van der Waals surface area contributed by atoms with Gasteiger partial charge in [-0.05, 0) is 48.7 Å². The lowest BCUT2D eigenvalue weighted by atomic mass is 9.95. The van der Waals surface area contributed by atoms with E-state index in [1.807, 2.05) is 18.2 Å². The zero-order chi connectivity index (χ0) is 18.7. The molecule has 2 N–H and O–H groups in total. The van der Waals surface area contributed by atoms with Gasteiger partial charge in [-0.1, -0.05) is 30.3 Å².